The summed E-state index contributed by atoms with van der Waals surface area (Å²) in [7, 11) is 0. The fourth-order valence-electron chi connectivity index (χ4n) is 2.04. The molecule has 3 aromatic rings. The Morgan fingerprint density at radius 3 is 2.90 bits per heavy atom. The number of hydrogen-bond donors (Lipinski definition) is 2. The monoisotopic (exact) mass is 287 g/mol. The standard InChI is InChI=1S/C14H13N3O2S/c18-7-8-20(19)13-4-2-1-3-10(13)14-16-11-5-6-15-9-12(11)17-14/h1-6,9,18H,7-8H2,(H,16,17). The molecule has 0 spiro atoms. The fourth-order valence-corrected chi connectivity index (χ4v) is 3.06. The SMILES string of the molecule is [O-][S+](CCO)c1ccccc1-c1nc2cnccc2[nH]1. The van der Waals surface area contributed by atoms with Crippen LogP contribution in [-0.2, 0) is 11.2 Å². The van der Waals surface area contributed by atoms with Crippen molar-refractivity contribution < 1.29 is 9.66 Å². The first-order chi connectivity index (χ1) is 9.79. The lowest BCUT2D eigenvalue weighted by atomic mass is 10.2. The predicted octanol–water partition coefficient (Wildman–Crippen LogP) is 1.72. The molecule has 1 atom stereocenters. The Kier molecular flexibility index (Phi) is 3.68. The first-order valence-corrected chi connectivity index (χ1v) is 7.50. The molecule has 0 saturated heterocycles. The molecular formula is C14H13N3O2S. The van der Waals surface area contributed by atoms with Crippen LogP contribution in [0.25, 0.3) is 22.4 Å². The van der Waals surface area contributed by atoms with Crippen LogP contribution in [0.5, 0.6) is 0 Å². The highest BCUT2D eigenvalue weighted by molar-refractivity contribution is 7.91. The first-order valence-electron chi connectivity index (χ1n) is 6.18. The van der Waals surface area contributed by atoms with E-state index in [2.05, 4.69) is 15.0 Å². The molecule has 2 heterocycles. The maximum Gasteiger partial charge on any atom is 0.163 e. The van der Waals surface area contributed by atoms with E-state index in [-0.39, 0.29) is 12.4 Å². The van der Waals surface area contributed by atoms with Gasteiger partial charge in [-0.05, 0) is 29.4 Å². The number of benzene rings is 1. The molecule has 0 radical (unpaired) electrons. The van der Waals surface area contributed by atoms with Crippen molar-refractivity contribution in [1.29, 1.82) is 0 Å². The van der Waals surface area contributed by atoms with Gasteiger partial charge in [0.05, 0.1) is 23.9 Å². The van der Waals surface area contributed by atoms with Crippen molar-refractivity contribution in [3.8, 4) is 11.4 Å². The number of aromatic nitrogens is 3. The minimum atomic E-state index is -1.24. The summed E-state index contributed by atoms with van der Waals surface area (Å²) in [5.74, 6) is 0.883. The molecular weight excluding hydrogens is 274 g/mol. The van der Waals surface area contributed by atoms with Gasteiger partial charge < -0.3 is 14.6 Å². The van der Waals surface area contributed by atoms with Gasteiger partial charge in [-0.25, -0.2) is 4.98 Å². The summed E-state index contributed by atoms with van der Waals surface area (Å²) in [4.78, 5) is 12.4. The lowest BCUT2D eigenvalue weighted by Crippen LogP contribution is -2.11. The second-order valence-corrected chi connectivity index (χ2v) is 5.79. The molecule has 5 nitrogen and oxygen atoms in total. The van der Waals surface area contributed by atoms with Crippen molar-refractivity contribution in [2.24, 2.45) is 0 Å². The van der Waals surface area contributed by atoms with Crippen molar-refractivity contribution >= 4 is 22.2 Å². The van der Waals surface area contributed by atoms with Crippen LogP contribution in [0.15, 0.2) is 47.6 Å². The van der Waals surface area contributed by atoms with Crippen molar-refractivity contribution in [3.63, 3.8) is 0 Å². The average Bonchev–Trinajstić information content (AvgIpc) is 2.91. The van der Waals surface area contributed by atoms with Crippen molar-refractivity contribution in [3.05, 3.63) is 42.7 Å². The third-order valence-corrected chi connectivity index (χ3v) is 4.35. The summed E-state index contributed by atoms with van der Waals surface area (Å²) in [6.45, 7) is -0.106. The molecule has 2 N–H and O–H groups in total. The molecule has 0 bridgehead atoms. The first kappa shape index (κ1) is 13.1. The van der Waals surface area contributed by atoms with Gasteiger partial charge >= 0.3 is 0 Å². The van der Waals surface area contributed by atoms with E-state index < -0.39 is 11.2 Å². The molecule has 20 heavy (non-hydrogen) atoms. The predicted molar refractivity (Wildman–Crippen MR) is 77.7 cm³/mol. The number of aromatic amines is 1. The maximum absolute atomic E-state index is 12.2. The van der Waals surface area contributed by atoms with E-state index in [9.17, 15) is 4.55 Å². The smallest absolute Gasteiger partial charge is 0.163 e. The Morgan fingerprint density at radius 1 is 1.25 bits per heavy atom. The van der Waals surface area contributed by atoms with Crippen LogP contribution in [-0.4, -0.2) is 37.0 Å². The van der Waals surface area contributed by atoms with E-state index in [1.165, 1.54) is 0 Å². The Bertz CT molecular complexity index is 696. The van der Waals surface area contributed by atoms with E-state index >= 15 is 0 Å². The van der Waals surface area contributed by atoms with Crippen molar-refractivity contribution in [2.75, 3.05) is 12.4 Å². The van der Waals surface area contributed by atoms with Gasteiger partial charge in [0, 0.05) is 6.20 Å². The molecule has 2 aromatic heterocycles. The third kappa shape index (κ3) is 2.40. The van der Waals surface area contributed by atoms with Crippen LogP contribution in [0.3, 0.4) is 0 Å². The molecule has 0 aliphatic heterocycles. The maximum atomic E-state index is 12.2. The topological polar surface area (TPSA) is 84.9 Å². The molecule has 0 aliphatic rings. The number of pyridine rings is 1. The number of rotatable bonds is 4. The van der Waals surface area contributed by atoms with E-state index in [0.29, 0.717) is 10.7 Å². The summed E-state index contributed by atoms with van der Waals surface area (Å²) in [5, 5.41) is 8.95. The van der Waals surface area contributed by atoms with Crippen LogP contribution in [0, 0.1) is 0 Å². The Morgan fingerprint density at radius 2 is 2.10 bits per heavy atom. The minimum absolute atomic E-state index is 0.106. The lowest BCUT2D eigenvalue weighted by molar-refractivity contribution is 0.319. The summed E-state index contributed by atoms with van der Waals surface area (Å²) in [6, 6.07) is 9.22. The fraction of sp³-hybridized carbons (Fsp3) is 0.143. The number of aliphatic hydroxyl groups excluding tert-OH is 1. The largest absolute Gasteiger partial charge is 0.611 e. The Balaban J connectivity index is 2.09. The minimum Gasteiger partial charge on any atom is -0.611 e. The average molecular weight is 287 g/mol. The van der Waals surface area contributed by atoms with Gasteiger partial charge in [0.1, 0.15) is 17.1 Å². The second kappa shape index (κ2) is 5.62. The van der Waals surface area contributed by atoms with Gasteiger partial charge in [0.15, 0.2) is 4.90 Å². The van der Waals surface area contributed by atoms with E-state index in [1.807, 2.05) is 24.3 Å². The molecule has 0 fully saturated rings. The number of nitrogens with one attached hydrogen (secondary N) is 1. The van der Waals surface area contributed by atoms with Crippen LogP contribution >= 0.6 is 0 Å². The van der Waals surface area contributed by atoms with E-state index in [4.69, 9.17) is 5.11 Å². The summed E-state index contributed by atoms with van der Waals surface area (Å²) >= 11 is -1.24. The second-order valence-electron chi connectivity index (χ2n) is 4.25. The molecule has 6 heteroatoms. The summed E-state index contributed by atoms with van der Waals surface area (Å²) < 4.78 is 12.2. The van der Waals surface area contributed by atoms with Crippen molar-refractivity contribution in [1.82, 2.24) is 15.0 Å². The number of fused-ring (bicyclic) bond motifs is 1. The van der Waals surface area contributed by atoms with Gasteiger partial charge in [0.25, 0.3) is 0 Å². The normalized spacial score (nSPS) is 12.7. The van der Waals surface area contributed by atoms with E-state index in [1.54, 1.807) is 18.5 Å². The zero-order chi connectivity index (χ0) is 13.9. The van der Waals surface area contributed by atoms with Crippen molar-refractivity contribution in [2.45, 2.75) is 4.90 Å². The van der Waals surface area contributed by atoms with Crippen LogP contribution in [0.2, 0.25) is 0 Å². The lowest BCUT2D eigenvalue weighted by Gasteiger charge is -2.11. The summed E-state index contributed by atoms with van der Waals surface area (Å²) in [6.07, 6.45) is 3.38. The summed E-state index contributed by atoms with van der Waals surface area (Å²) in [5.41, 5.74) is 2.44. The number of imidazole rings is 1. The van der Waals surface area contributed by atoms with E-state index in [0.717, 1.165) is 16.6 Å². The number of nitrogens with zero attached hydrogens (tertiary/aromatic N) is 2. The molecule has 0 aliphatic carbocycles. The van der Waals surface area contributed by atoms with Crippen LogP contribution in [0.4, 0.5) is 0 Å². The molecule has 0 amide bonds. The van der Waals surface area contributed by atoms with Gasteiger partial charge in [-0.2, -0.15) is 0 Å². The highest BCUT2D eigenvalue weighted by atomic mass is 32.2. The highest BCUT2D eigenvalue weighted by Gasteiger charge is 2.18. The number of hydrogen-bond acceptors (Lipinski definition) is 4. The Hall–Kier alpha value is -1.89. The molecule has 102 valence electrons. The van der Waals surface area contributed by atoms with Gasteiger partial charge in [-0.3, -0.25) is 4.98 Å². The zero-order valence-corrected chi connectivity index (χ0v) is 11.4. The van der Waals surface area contributed by atoms with Crippen LogP contribution in [0.1, 0.15) is 0 Å². The molecule has 1 unspecified atom stereocenters. The van der Waals surface area contributed by atoms with Gasteiger partial charge in [-0.15, -0.1) is 0 Å². The molecule has 1 aromatic carbocycles. The zero-order valence-electron chi connectivity index (χ0n) is 10.6. The Labute approximate surface area is 118 Å². The number of H-pyrrole nitrogens is 1. The molecule has 0 saturated carbocycles. The van der Waals surface area contributed by atoms with Gasteiger partial charge in [0.2, 0.25) is 0 Å². The highest BCUT2D eigenvalue weighted by Crippen LogP contribution is 2.27. The molecule has 3 rings (SSSR count). The quantitative estimate of drug-likeness (QED) is 0.716. The van der Waals surface area contributed by atoms with Gasteiger partial charge in [-0.1, -0.05) is 12.1 Å². The third-order valence-electron chi connectivity index (χ3n) is 2.95. The number of aliphatic hydroxyl groups is 1. The van der Waals surface area contributed by atoms with Crippen LogP contribution < -0.4 is 0 Å².